The first-order valence-electron chi connectivity index (χ1n) is 5.30. The van der Waals surface area contributed by atoms with Gasteiger partial charge in [0, 0.05) is 19.0 Å². The predicted octanol–water partition coefficient (Wildman–Crippen LogP) is 0.0469. The molecule has 1 aliphatic heterocycles. The lowest BCUT2D eigenvalue weighted by Gasteiger charge is -2.39. The van der Waals surface area contributed by atoms with Crippen LogP contribution in [-0.4, -0.2) is 41.0 Å². The molecule has 5 nitrogen and oxygen atoms in total. The van der Waals surface area contributed by atoms with Gasteiger partial charge in [-0.3, -0.25) is 9.59 Å². The fraction of sp³-hybridized carbons (Fsp3) is 0.800. The number of carbonyl (C=O) groups excluding carboxylic acids is 1. The summed E-state index contributed by atoms with van der Waals surface area (Å²) in [5, 5.41) is 8.54. The van der Waals surface area contributed by atoms with Crippen molar-refractivity contribution < 1.29 is 14.7 Å². The molecule has 0 spiro atoms. The number of carboxylic acids is 1. The minimum Gasteiger partial charge on any atom is -0.481 e. The average molecular weight is 214 g/mol. The number of aliphatic carboxylic acids is 1. The summed E-state index contributed by atoms with van der Waals surface area (Å²) in [6.45, 7) is 3.07. The molecule has 1 heterocycles. The van der Waals surface area contributed by atoms with E-state index in [-0.39, 0.29) is 18.2 Å². The van der Waals surface area contributed by atoms with E-state index >= 15 is 0 Å². The van der Waals surface area contributed by atoms with Gasteiger partial charge in [-0.25, -0.2) is 0 Å². The van der Waals surface area contributed by atoms with E-state index in [9.17, 15) is 9.59 Å². The molecule has 0 aromatic carbocycles. The van der Waals surface area contributed by atoms with E-state index in [1.54, 1.807) is 4.90 Å². The Labute approximate surface area is 89.2 Å². The normalized spacial score (nSPS) is 18.4. The topological polar surface area (TPSA) is 83.6 Å². The maximum absolute atomic E-state index is 11.6. The summed E-state index contributed by atoms with van der Waals surface area (Å²) in [6.07, 6.45) is 1.73. The highest BCUT2D eigenvalue weighted by molar-refractivity contribution is 5.82. The van der Waals surface area contributed by atoms with E-state index in [1.807, 2.05) is 6.92 Å². The third kappa shape index (κ3) is 3.20. The quantitative estimate of drug-likeness (QED) is 0.677. The first-order chi connectivity index (χ1) is 7.04. The van der Waals surface area contributed by atoms with Gasteiger partial charge < -0.3 is 15.7 Å². The molecule has 1 unspecified atom stereocenters. The molecule has 1 aliphatic rings. The third-order valence-electron chi connectivity index (χ3n) is 2.65. The highest BCUT2D eigenvalue weighted by atomic mass is 16.4. The summed E-state index contributed by atoms with van der Waals surface area (Å²) in [4.78, 5) is 23.6. The molecule has 1 atom stereocenters. The molecule has 15 heavy (non-hydrogen) atoms. The van der Waals surface area contributed by atoms with E-state index in [0.29, 0.717) is 19.5 Å². The van der Waals surface area contributed by atoms with Gasteiger partial charge in [0.2, 0.25) is 5.91 Å². The van der Waals surface area contributed by atoms with Crippen LogP contribution >= 0.6 is 0 Å². The lowest BCUT2D eigenvalue weighted by Crippen LogP contribution is -2.55. The van der Waals surface area contributed by atoms with Gasteiger partial charge in [-0.2, -0.15) is 0 Å². The Morgan fingerprint density at radius 3 is 2.60 bits per heavy atom. The van der Waals surface area contributed by atoms with Gasteiger partial charge in [0.15, 0.2) is 0 Å². The number of amides is 1. The molecular weight excluding hydrogens is 196 g/mol. The monoisotopic (exact) mass is 214 g/mol. The van der Waals surface area contributed by atoms with Gasteiger partial charge in [-0.1, -0.05) is 13.3 Å². The fourth-order valence-electron chi connectivity index (χ4n) is 1.79. The minimum atomic E-state index is -0.801. The van der Waals surface area contributed by atoms with Crippen molar-refractivity contribution in [2.75, 3.05) is 13.1 Å². The zero-order valence-corrected chi connectivity index (χ0v) is 8.98. The van der Waals surface area contributed by atoms with Crippen LogP contribution in [0.25, 0.3) is 0 Å². The van der Waals surface area contributed by atoms with E-state index < -0.39 is 12.0 Å². The number of carboxylic acid groups (broad SMARTS) is 1. The van der Waals surface area contributed by atoms with Crippen molar-refractivity contribution in [2.24, 2.45) is 11.7 Å². The molecule has 0 bridgehead atoms. The molecule has 0 radical (unpaired) electrons. The lowest BCUT2D eigenvalue weighted by molar-refractivity contribution is -0.145. The molecule has 1 rings (SSSR count). The van der Waals surface area contributed by atoms with Crippen LogP contribution in [0, 0.1) is 5.92 Å². The summed E-state index contributed by atoms with van der Waals surface area (Å²) >= 11 is 0. The van der Waals surface area contributed by atoms with Crippen molar-refractivity contribution >= 4 is 11.9 Å². The van der Waals surface area contributed by atoms with Crippen LogP contribution < -0.4 is 5.73 Å². The second-order valence-electron chi connectivity index (χ2n) is 4.10. The third-order valence-corrected chi connectivity index (χ3v) is 2.65. The van der Waals surface area contributed by atoms with Gasteiger partial charge in [0.1, 0.15) is 0 Å². The van der Waals surface area contributed by atoms with Crippen molar-refractivity contribution in [3.8, 4) is 0 Å². The van der Waals surface area contributed by atoms with Crippen LogP contribution in [0.15, 0.2) is 0 Å². The summed E-state index contributed by atoms with van der Waals surface area (Å²) in [5.41, 5.74) is 5.68. The summed E-state index contributed by atoms with van der Waals surface area (Å²) in [5.74, 6) is -0.733. The van der Waals surface area contributed by atoms with Gasteiger partial charge in [-0.05, 0) is 6.42 Å². The molecule has 0 aromatic heterocycles. The number of likely N-dealkylation sites (tertiary alicyclic amines) is 1. The van der Waals surface area contributed by atoms with E-state index in [2.05, 4.69) is 0 Å². The van der Waals surface area contributed by atoms with Gasteiger partial charge >= 0.3 is 5.97 Å². The zero-order chi connectivity index (χ0) is 11.4. The molecule has 1 amide bonds. The first-order valence-corrected chi connectivity index (χ1v) is 5.30. The number of carbonyl (C=O) groups is 2. The first kappa shape index (κ1) is 12.0. The van der Waals surface area contributed by atoms with Crippen LogP contribution in [0.4, 0.5) is 0 Å². The van der Waals surface area contributed by atoms with Crippen LogP contribution in [-0.2, 0) is 9.59 Å². The number of hydrogen-bond acceptors (Lipinski definition) is 3. The molecule has 0 aromatic rings. The van der Waals surface area contributed by atoms with Crippen LogP contribution in [0.2, 0.25) is 0 Å². The Balaban J connectivity index is 2.26. The van der Waals surface area contributed by atoms with Crippen molar-refractivity contribution in [3.63, 3.8) is 0 Å². The molecule has 3 N–H and O–H groups in total. The number of rotatable bonds is 5. The van der Waals surface area contributed by atoms with Crippen LogP contribution in [0.1, 0.15) is 26.2 Å². The second kappa shape index (κ2) is 5.11. The molecule has 86 valence electrons. The van der Waals surface area contributed by atoms with Crippen molar-refractivity contribution in [1.29, 1.82) is 0 Å². The Morgan fingerprint density at radius 2 is 2.13 bits per heavy atom. The Morgan fingerprint density at radius 1 is 1.53 bits per heavy atom. The van der Waals surface area contributed by atoms with E-state index in [0.717, 1.165) is 6.42 Å². The predicted molar refractivity (Wildman–Crippen MR) is 55.2 cm³/mol. The minimum absolute atomic E-state index is 0.0431. The van der Waals surface area contributed by atoms with Gasteiger partial charge in [0.05, 0.1) is 12.5 Å². The average Bonchev–Trinajstić information content (AvgIpc) is 2.09. The molecule has 1 fully saturated rings. The summed E-state index contributed by atoms with van der Waals surface area (Å²) in [6, 6.07) is -0.416. The van der Waals surface area contributed by atoms with Crippen LogP contribution in [0.5, 0.6) is 0 Å². The second-order valence-corrected chi connectivity index (χ2v) is 4.10. The Hall–Kier alpha value is -1.10. The summed E-state index contributed by atoms with van der Waals surface area (Å²) < 4.78 is 0. The maximum atomic E-state index is 11.6. The maximum Gasteiger partial charge on any atom is 0.303 e. The summed E-state index contributed by atoms with van der Waals surface area (Å²) in [7, 11) is 0. The highest BCUT2D eigenvalue weighted by Gasteiger charge is 2.33. The molecule has 5 heteroatoms. The number of nitrogens with two attached hydrogens (primary N) is 1. The molecule has 0 saturated carbocycles. The van der Waals surface area contributed by atoms with Gasteiger partial charge in [-0.15, -0.1) is 0 Å². The van der Waals surface area contributed by atoms with E-state index in [1.165, 1.54) is 0 Å². The largest absolute Gasteiger partial charge is 0.481 e. The SMILES string of the molecule is CCCC(N)C(=O)N1CC(CC(=O)O)C1. The molecular formula is C10H18N2O3. The standard InChI is InChI=1S/C10H18N2O3/c1-2-3-8(11)10(15)12-5-7(6-12)4-9(13)14/h7-8H,2-6,11H2,1H3,(H,13,14). The fourth-order valence-corrected chi connectivity index (χ4v) is 1.79. The van der Waals surface area contributed by atoms with Crippen molar-refractivity contribution in [2.45, 2.75) is 32.2 Å². The Kier molecular flexibility index (Phi) is 4.08. The van der Waals surface area contributed by atoms with Crippen LogP contribution in [0.3, 0.4) is 0 Å². The van der Waals surface area contributed by atoms with Gasteiger partial charge in [0.25, 0.3) is 0 Å². The number of nitrogens with zero attached hydrogens (tertiary/aromatic N) is 1. The van der Waals surface area contributed by atoms with Crippen molar-refractivity contribution in [1.82, 2.24) is 4.90 Å². The van der Waals surface area contributed by atoms with E-state index in [4.69, 9.17) is 10.8 Å². The number of hydrogen-bond donors (Lipinski definition) is 2. The molecule has 0 aliphatic carbocycles. The molecule has 1 saturated heterocycles. The highest BCUT2D eigenvalue weighted by Crippen LogP contribution is 2.20. The lowest BCUT2D eigenvalue weighted by atomic mass is 9.95. The zero-order valence-electron chi connectivity index (χ0n) is 8.98. The Bertz CT molecular complexity index is 249. The smallest absolute Gasteiger partial charge is 0.303 e. The van der Waals surface area contributed by atoms with Crippen molar-refractivity contribution in [3.05, 3.63) is 0 Å².